The zero-order valence-corrected chi connectivity index (χ0v) is 22.8. The highest BCUT2D eigenvalue weighted by Crippen LogP contribution is 2.46. The number of alkyl halides is 3. The van der Waals surface area contributed by atoms with Gasteiger partial charge in [-0.1, -0.05) is 19.8 Å². The molecule has 3 fully saturated rings. The summed E-state index contributed by atoms with van der Waals surface area (Å²) in [4.78, 5) is 0. The van der Waals surface area contributed by atoms with Crippen LogP contribution in [-0.4, -0.2) is 6.36 Å². The van der Waals surface area contributed by atoms with E-state index in [-0.39, 0.29) is 28.9 Å². The third kappa shape index (κ3) is 6.62. The minimum absolute atomic E-state index is 0.0681. The van der Waals surface area contributed by atoms with Gasteiger partial charge in [0.05, 0.1) is 0 Å². The Morgan fingerprint density at radius 1 is 0.550 bits per heavy atom. The van der Waals surface area contributed by atoms with Gasteiger partial charge in [-0.15, -0.1) is 13.2 Å². The summed E-state index contributed by atoms with van der Waals surface area (Å²) in [6, 6.07) is 4.72. The minimum atomic E-state index is -5.21. The van der Waals surface area contributed by atoms with E-state index in [1.807, 2.05) is 0 Å². The summed E-state index contributed by atoms with van der Waals surface area (Å²) in [5.41, 5.74) is 1.02. The molecule has 0 unspecified atom stereocenters. The van der Waals surface area contributed by atoms with Crippen molar-refractivity contribution in [1.29, 1.82) is 0 Å². The number of ether oxygens (including phenoxy) is 1. The summed E-state index contributed by atoms with van der Waals surface area (Å²) < 4.78 is 99.8. The fourth-order valence-corrected chi connectivity index (χ4v) is 7.65. The van der Waals surface area contributed by atoms with Gasteiger partial charge in [-0.25, -0.2) is 17.6 Å². The molecule has 2 aromatic carbocycles. The van der Waals surface area contributed by atoms with E-state index in [0.717, 1.165) is 61.1 Å². The van der Waals surface area contributed by atoms with E-state index in [2.05, 4.69) is 11.7 Å². The van der Waals surface area contributed by atoms with Crippen molar-refractivity contribution in [2.75, 3.05) is 0 Å². The molecule has 40 heavy (non-hydrogen) atoms. The Balaban J connectivity index is 1.20. The first-order valence-electron chi connectivity index (χ1n) is 14.7. The maximum atomic E-state index is 15.3. The third-order valence-corrected chi connectivity index (χ3v) is 9.92. The molecule has 0 aromatic heterocycles. The number of rotatable bonds is 5. The SMILES string of the molecule is CC1CCC(C2CCC(c3cc(F)c(C4CCC(c5cc(F)c(OC(F)(F)F)c(F)c5)CC4)c(F)c3)CC2)CC1. The van der Waals surface area contributed by atoms with Crippen molar-refractivity contribution in [3.63, 3.8) is 0 Å². The lowest BCUT2D eigenvalue weighted by molar-refractivity contribution is -0.276. The molecule has 8 heteroatoms. The molecule has 0 heterocycles. The zero-order valence-electron chi connectivity index (χ0n) is 22.8. The first kappa shape index (κ1) is 29.2. The molecule has 3 aliphatic carbocycles. The van der Waals surface area contributed by atoms with E-state index in [4.69, 9.17) is 0 Å². The maximum absolute atomic E-state index is 15.3. The van der Waals surface area contributed by atoms with Crippen molar-refractivity contribution in [1.82, 2.24) is 0 Å². The normalized spacial score (nSPS) is 29.8. The smallest absolute Gasteiger partial charge is 0.399 e. The molecule has 0 amide bonds. The second-order valence-electron chi connectivity index (χ2n) is 12.4. The molecule has 0 bridgehead atoms. The van der Waals surface area contributed by atoms with Crippen molar-refractivity contribution in [2.45, 2.75) is 108 Å². The average molecular weight is 571 g/mol. The molecule has 0 atom stereocenters. The summed E-state index contributed by atoms with van der Waals surface area (Å²) in [7, 11) is 0. The molecule has 220 valence electrons. The van der Waals surface area contributed by atoms with E-state index in [1.165, 1.54) is 37.8 Å². The molecule has 2 aromatic rings. The number of hydrogen-bond acceptors (Lipinski definition) is 1. The first-order valence-corrected chi connectivity index (χ1v) is 14.7. The molecule has 0 aliphatic heterocycles. The van der Waals surface area contributed by atoms with E-state index in [9.17, 15) is 22.0 Å². The van der Waals surface area contributed by atoms with Crippen molar-refractivity contribution in [3.05, 3.63) is 64.2 Å². The standard InChI is InChI=1S/C32H37F7O/c1-18-2-4-19(5-3-18)20-6-8-21(9-7-20)24-14-26(33)30(27(34)15-24)23-12-10-22(11-13-23)25-16-28(35)31(29(36)17-25)40-32(37,38)39/h14-23H,2-13H2,1H3. The van der Waals surface area contributed by atoms with Gasteiger partial charge in [0.2, 0.25) is 5.75 Å². The highest BCUT2D eigenvalue weighted by atomic mass is 19.4. The fraction of sp³-hybridized carbons (Fsp3) is 0.625. The van der Waals surface area contributed by atoms with Crippen molar-refractivity contribution < 1.29 is 35.5 Å². The lowest BCUT2D eigenvalue weighted by Gasteiger charge is -2.37. The lowest BCUT2D eigenvalue weighted by atomic mass is 9.68. The molecule has 1 nitrogen and oxygen atoms in total. The maximum Gasteiger partial charge on any atom is 0.573 e. The Labute approximate surface area is 231 Å². The monoisotopic (exact) mass is 570 g/mol. The second-order valence-corrected chi connectivity index (χ2v) is 12.4. The Bertz CT molecular complexity index is 1120. The first-order chi connectivity index (χ1) is 19.0. The lowest BCUT2D eigenvalue weighted by Crippen LogP contribution is -2.25. The van der Waals surface area contributed by atoms with Crippen LogP contribution in [0, 0.1) is 41.0 Å². The molecule has 5 rings (SSSR count). The minimum Gasteiger partial charge on any atom is -0.399 e. The molecule has 3 saturated carbocycles. The highest BCUT2D eigenvalue weighted by molar-refractivity contribution is 5.35. The molecule has 0 spiro atoms. The third-order valence-electron chi connectivity index (χ3n) is 9.92. The summed E-state index contributed by atoms with van der Waals surface area (Å²) in [5.74, 6) is -3.58. The van der Waals surface area contributed by atoms with Crippen molar-refractivity contribution in [3.8, 4) is 5.75 Å². The molecule has 0 radical (unpaired) electrons. The van der Waals surface area contributed by atoms with Crippen LogP contribution in [0.4, 0.5) is 30.7 Å². The quantitative estimate of drug-likeness (QED) is 0.325. The summed E-state index contributed by atoms with van der Waals surface area (Å²) in [6.07, 6.45) is 5.80. The van der Waals surface area contributed by atoms with Gasteiger partial charge in [-0.05, 0) is 135 Å². The molecule has 0 N–H and O–H groups in total. The van der Waals surface area contributed by atoms with Crippen LogP contribution >= 0.6 is 0 Å². The van der Waals surface area contributed by atoms with Gasteiger partial charge in [0.15, 0.2) is 11.6 Å². The fourth-order valence-electron chi connectivity index (χ4n) is 7.65. The predicted molar refractivity (Wildman–Crippen MR) is 139 cm³/mol. The van der Waals surface area contributed by atoms with Crippen LogP contribution in [0.25, 0.3) is 0 Å². The Hall–Kier alpha value is -2.25. The van der Waals surface area contributed by atoms with E-state index in [0.29, 0.717) is 25.7 Å². The largest absolute Gasteiger partial charge is 0.573 e. The van der Waals surface area contributed by atoms with Crippen LogP contribution in [0.1, 0.15) is 118 Å². The van der Waals surface area contributed by atoms with Gasteiger partial charge < -0.3 is 4.74 Å². The molecular formula is C32H37F7O. The van der Waals surface area contributed by atoms with Gasteiger partial charge in [-0.2, -0.15) is 0 Å². The molecule has 0 saturated heterocycles. The molecule has 3 aliphatic rings. The van der Waals surface area contributed by atoms with E-state index < -0.39 is 35.4 Å². The van der Waals surface area contributed by atoms with Crippen molar-refractivity contribution in [2.24, 2.45) is 17.8 Å². The van der Waals surface area contributed by atoms with Crippen LogP contribution in [0.15, 0.2) is 24.3 Å². The Kier molecular flexibility index (Phi) is 8.72. The number of halogens is 7. The summed E-state index contributed by atoms with van der Waals surface area (Å²) in [5, 5.41) is 0. The number of hydrogen-bond donors (Lipinski definition) is 0. The van der Waals surface area contributed by atoms with E-state index >= 15 is 8.78 Å². The van der Waals surface area contributed by atoms with Gasteiger partial charge in [0.1, 0.15) is 11.6 Å². The van der Waals surface area contributed by atoms with Gasteiger partial charge in [-0.3, -0.25) is 0 Å². The highest BCUT2D eigenvalue weighted by Gasteiger charge is 2.36. The predicted octanol–water partition coefficient (Wildman–Crippen LogP) is 10.7. The molecular weight excluding hydrogens is 533 g/mol. The van der Waals surface area contributed by atoms with Gasteiger partial charge >= 0.3 is 6.36 Å². The second kappa shape index (κ2) is 11.9. The van der Waals surface area contributed by atoms with E-state index in [1.54, 1.807) is 0 Å². The zero-order chi connectivity index (χ0) is 28.6. The Morgan fingerprint density at radius 3 is 1.38 bits per heavy atom. The van der Waals surface area contributed by atoms with Crippen LogP contribution in [0.5, 0.6) is 5.75 Å². The Morgan fingerprint density at radius 2 is 0.925 bits per heavy atom. The summed E-state index contributed by atoms with van der Waals surface area (Å²) >= 11 is 0. The van der Waals surface area contributed by atoms with Crippen molar-refractivity contribution >= 4 is 0 Å². The van der Waals surface area contributed by atoms with Crippen LogP contribution in [-0.2, 0) is 0 Å². The van der Waals surface area contributed by atoms with Crippen LogP contribution in [0.3, 0.4) is 0 Å². The topological polar surface area (TPSA) is 9.23 Å². The van der Waals surface area contributed by atoms with Crippen LogP contribution < -0.4 is 4.74 Å². The van der Waals surface area contributed by atoms with Crippen LogP contribution in [0.2, 0.25) is 0 Å². The summed E-state index contributed by atoms with van der Waals surface area (Å²) in [6.45, 7) is 2.33. The average Bonchev–Trinajstić information content (AvgIpc) is 2.91. The van der Waals surface area contributed by atoms with Gasteiger partial charge in [0.25, 0.3) is 0 Å². The van der Waals surface area contributed by atoms with Gasteiger partial charge in [0, 0.05) is 5.56 Å². The number of benzene rings is 2.